The molecule has 0 bridgehead atoms. The second-order valence-electron chi connectivity index (χ2n) is 13.2. The van der Waals surface area contributed by atoms with Crippen molar-refractivity contribution in [2.45, 2.75) is 95.9 Å². The number of carbonyl (C=O) groups excluding carboxylic acids is 3. The molecule has 3 heterocycles. The van der Waals surface area contributed by atoms with Gasteiger partial charge in [-0.25, -0.2) is 9.59 Å². The SMILES string of the molecule is Cn1c(=O)n(C2CCC(=O)NC2=O)c2ccc(CC[C@H]3CN(CC4CCC(NC(=O)OC(C)(C)C)CC4)CCO3)cc21. The Morgan fingerprint density at radius 1 is 1.10 bits per heavy atom. The van der Waals surface area contributed by atoms with Gasteiger partial charge in [-0.15, -0.1) is 0 Å². The Morgan fingerprint density at radius 2 is 1.86 bits per heavy atom. The molecule has 42 heavy (non-hydrogen) atoms. The predicted octanol–water partition coefficient (Wildman–Crippen LogP) is 3.03. The summed E-state index contributed by atoms with van der Waals surface area (Å²) < 4.78 is 14.6. The van der Waals surface area contributed by atoms with Crippen LogP contribution in [0, 0.1) is 5.92 Å². The number of aromatic nitrogens is 2. The van der Waals surface area contributed by atoms with E-state index in [0.29, 0.717) is 17.9 Å². The van der Waals surface area contributed by atoms with Gasteiger partial charge in [0, 0.05) is 39.1 Å². The first-order chi connectivity index (χ1) is 20.0. The van der Waals surface area contributed by atoms with Gasteiger partial charge in [0.15, 0.2) is 0 Å². The number of nitrogens with one attached hydrogen (secondary N) is 2. The number of imidazole rings is 1. The highest BCUT2D eigenvalue weighted by Crippen LogP contribution is 2.27. The molecule has 2 atom stereocenters. The van der Waals surface area contributed by atoms with Crippen molar-refractivity contribution in [1.82, 2.24) is 24.7 Å². The Hall–Kier alpha value is -3.18. The van der Waals surface area contributed by atoms with Crippen LogP contribution in [0.1, 0.15) is 77.3 Å². The van der Waals surface area contributed by atoms with Crippen molar-refractivity contribution in [2.75, 3.05) is 26.2 Å². The molecule has 1 aromatic heterocycles. The van der Waals surface area contributed by atoms with Crippen LogP contribution in [0.3, 0.4) is 0 Å². The summed E-state index contributed by atoms with van der Waals surface area (Å²) in [6.07, 6.45) is 6.24. The Kier molecular flexibility index (Phi) is 9.08. The third-order valence-corrected chi connectivity index (χ3v) is 8.74. The Labute approximate surface area is 246 Å². The van der Waals surface area contributed by atoms with E-state index in [1.54, 1.807) is 11.6 Å². The molecule has 230 valence electrons. The lowest BCUT2D eigenvalue weighted by atomic mass is 9.85. The third kappa shape index (κ3) is 7.23. The van der Waals surface area contributed by atoms with Gasteiger partial charge in [-0.05, 0) is 89.3 Å². The number of ether oxygens (including phenoxy) is 2. The topological polar surface area (TPSA) is 124 Å². The molecule has 3 fully saturated rings. The number of fused-ring (bicyclic) bond motifs is 1. The summed E-state index contributed by atoms with van der Waals surface area (Å²) in [7, 11) is 1.72. The number of aryl methyl sites for hydroxylation is 2. The highest BCUT2D eigenvalue weighted by atomic mass is 16.6. The summed E-state index contributed by atoms with van der Waals surface area (Å²) in [6, 6.07) is 5.48. The van der Waals surface area contributed by atoms with Crippen molar-refractivity contribution < 1.29 is 23.9 Å². The number of alkyl carbamates (subject to hydrolysis) is 1. The molecule has 1 aromatic carbocycles. The zero-order valence-electron chi connectivity index (χ0n) is 25.3. The largest absolute Gasteiger partial charge is 0.444 e. The fraction of sp³-hybridized carbons (Fsp3) is 0.677. The zero-order chi connectivity index (χ0) is 30.0. The Morgan fingerprint density at radius 3 is 2.57 bits per heavy atom. The van der Waals surface area contributed by atoms with Gasteiger partial charge in [-0.3, -0.25) is 28.9 Å². The van der Waals surface area contributed by atoms with Crippen LogP contribution in [-0.4, -0.2) is 75.9 Å². The smallest absolute Gasteiger partial charge is 0.407 e. The summed E-state index contributed by atoms with van der Waals surface area (Å²) in [5.74, 6) is -0.0951. The van der Waals surface area contributed by atoms with Crippen LogP contribution in [0.15, 0.2) is 23.0 Å². The van der Waals surface area contributed by atoms with Crippen LogP contribution >= 0.6 is 0 Å². The number of morpholine rings is 1. The minimum absolute atomic E-state index is 0.150. The summed E-state index contributed by atoms with van der Waals surface area (Å²) in [4.78, 5) is 51.8. The van der Waals surface area contributed by atoms with Crippen molar-refractivity contribution >= 4 is 28.9 Å². The monoisotopic (exact) mass is 583 g/mol. The van der Waals surface area contributed by atoms with E-state index in [1.807, 2.05) is 39.0 Å². The van der Waals surface area contributed by atoms with Crippen LogP contribution in [0.5, 0.6) is 0 Å². The number of carbonyl (C=O) groups is 3. The number of imide groups is 1. The normalized spacial score (nSPS) is 25.8. The van der Waals surface area contributed by atoms with Crippen molar-refractivity contribution in [3.63, 3.8) is 0 Å². The van der Waals surface area contributed by atoms with Gasteiger partial charge in [0.25, 0.3) is 0 Å². The van der Waals surface area contributed by atoms with Gasteiger partial charge in [0.2, 0.25) is 11.8 Å². The highest BCUT2D eigenvalue weighted by Gasteiger charge is 2.32. The third-order valence-electron chi connectivity index (χ3n) is 8.74. The maximum atomic E-state index is 13.1. The number of rotatable bonds is 7. The van der Waals surface area contributed by atoms with Gasteiger partial charge in [0.1, 0.15) is 11.6 Å². The average molecular weight is 584 g/mol. The van der Waals surface area contributed by atoms with Crippen molar-refractivity contribution in [3.8, 4) is 0 Å². The quantitative estimate of drug-likeness (QED) is 0.480. The minimum Gasteiger partial charge on any atom is -0.444 e. The Balaban J connectivity index is 1.12. The molecule has 2 saturated heterocycles. The number of hydrogen-bond acceptors (Lipinski definition) is 7. The van der Waals surface area contributed by atoms with Gasteiger partial charge >= 0.3 is 11.8 Å². The molecular weight excluding hydrogens is 538 g/mol. The first kappa shape index (κ1) is 30.3. The summed E-state index contributed by atoms with van der Waals surface area (Å²) in [5.41, 5.74) is 1.87. The van der Waals surface area contributed by atoms with Gasteiger partial charge in [-0.1, -0.05) is 6.07 Å². The first-order valence-electron chi connectivity index (χ1n) is 15.3. The molecule has 1 unspecified atom stereocenters. The molecule has 5 rings (SSSR count). The molecule has 2 N–H and O–H groups in total. The van der Waals surface area contributed by atoms with Gasteiger partial charge in [-0.2, -0.15) is 0 Å². The predicted molar refractivity (Wildman–Crippen MR) is 158 cm³/mol. The summed E-state index contributed by atoms with van der Waals surface area (Å²) >= 11 is 0. The zero-order valence-corrected chi connectivity index (χ0v) is 25.3. The Bertz CT molecular complexity index is 1370. The summed E-state index contributed by atoms with van der Waals surface area (Å²) in [6.45, 7) is 9.26. The van der Waals surface area contributed by atoms with Crippen LogP contribution < -0.4 is 16.3 Å². The van der Waals surface area contributed by atoms with E-state index in [2.05, 4.69) is 15.5 Å². The molecule has 3 amide bonds. The number of hydrogen-bond donors (Lipinski definition) is 2. The summed E-state index contributed by atoms with van der Waals surface area (Å²) in [5, 5.41) is 5.39. The second kappa shape index (κ2) is 12.6. The minimum atomic E-state index is -0.678. The van der Waals surface area contributed by atoms with E-state index < -0.39 is 17.6 Å². The van der Waals surface area contributed by atoms with Crippen LogP contribution in [0.2, 0.25) is 0 Å². The number of benzene rings is 1. The van der Waals surface area contributed by atoms with E-state index in [4.69, 9.17) is 9.47 Å². The van der Waals surface area contributed by atoms with E-state index in [-0.39, 0.29) is 36.3 Å². The lowest BCUT2D eigenvalue weighted by molar-refractivity contribution is -0.135. The maximum absolute atomic E-state index is 13.1. The molecule has 2 aliphatic heterocycles. The molecule has 11 nitrogen and oxygen atoms in total. The second-order valence-corrected chi connectivity index (χ2v) is 13.2. The standard InChI is InChI=1S/C31H45N5O6/c1-31(2,3)42-29(39)32-22-9-5-21(6-10-22)18-35-15-16-41-23(19-35)11-7-20-8-12-24-26(17-20)34(4)30(40)36(24)25-13-14-27(37)33-28(25)38/h8,12,17,21-23,25H,5-7,9-11,13-16,18-19H2,1-4H3,(H,32,39)(H,33,37,38)/t21?,22?,23-,25?/m0/s1. The van der Waals surface area contributed by atoms with E-state index >= 15 is 0 Å². The van der Waals surface area contributed by atoms with E-state index in [1.165, 1.54) is 4.57 Å². The molecular formula is C31H45N5O6. The lowest BCUT2D eigenvalue weighted by Gasteiger charge is -2.37. The number of nitrogens with zero attached hydrogens (tertiary/aromatic N) is 3. The molecule has 1 saturated carbocycles. The van der Waals surface area contributed by atoms with Crippen molar-refractivity contribution in [1.29, 1.82) is 0 Å². The fourth-order valence-corrected chi connectivity index (χ4v) is 6.57. The molecule has 2 aromatic rings. The van der Waals surface area contributed by atoms with Gasteiger partial charge in [0.05, 0.1) is 23.7 Å². The van der Waals surface area contributed by atoms with Crippen molar-refractivity contribution in [3.05, 3.63) is 34.2 Å². The number of amides is 3. The molecule has 1 aliphatic carbocycles. The van der Waals surface area contributed by atoms with Crippen molar-refractivity contribution in [2.24, 2.45) is 13.0 Å². The fourth-order valence-electron chi connectivity index (χ4n) is 6.57. The first-order valence-corrected chi connectivity index (χ1v) is 15.3. The van der Waals surface area contributed by atoms with Crippen LogP contribution in [0.25, 0.3) is 11.0 Å². The van der Waals surface area contributed by atoms with Crippen LogP contribution in [0.4, 0.5) is 4.79 Å². The maximum Gasteiger partial charge on any atom is 0.407 e. The molecule has 11 heteroatoms. The van der Waals surface area contributed by atoms with E-state index in [9.17, 15) is 19.2 Å². The molecule has 0 radical (unpaired) electrons. The highest BCUT2D eigenvalue weighted by molar-refractivity contribution is 6.00. The van der Waals surface area contributed by atoms with E-state index in [0.717, 1.165) is 75.8 Å². The average Bonchev–Trinajstić information content (AvgIpc) is 3.17. The van der Waals surface area contributed by atoms with Crippen LogP contribution in [-0.2, 0) is 32.5 Å². The molecule has 3 aliphatic rings. The molecule has 0 spiro atoms. The van der Waals surface area contributed by atoms with Gasteiger partial charge < -0.3 is 14.8 Å². The number of piperidine rings is 1. The lowest BCUT2D eigenvalue weighted by Crippen LogP contribution is -2.46.